The molecule has 0 bridgehead atoms. The number of carbonyl (C=O) groups excluding carboxylic acids is 1. The van der Waals surface area contributed by atoms with Gasteiger partial charge in [-0.25, -0.2) is 14.3 Å². The van der Waals surface area contributed by atoms with Crippen molar-refractivity contribution in [2.45, 2.75) is 44.3 Å². The van der Waals surface area contributed by atoms with E-state index in [4.69, 9.17) is 9.47 Å². The van der Waals surface area contributed by atoms with E-state index in [2.05, 4.69) is 15.0 Å². The van der Waals surface area contributed by atoms with E-state index in [1.54, 1.807) is 24.3 Å². The van der Waals surface area contributed by atoms with Crippen LogP contribution in [0.5, 0.6) is 5.75 Å². The molecule has 0 aliphatic carbocycles. The van der Waals surface area contributed by atoms with Gasteiger partial charge in [-0.15, -0.1) is 0 Å². The minimum absolute atomic E-state index is 0.0587. The highest BCUT2D eigenvalue weighted by Gasteiger charge is 2.37. The summed E-state index contributed by atoms with van der Waals surface area (Å²) in [4.78, 5) is 19.8. The van der Waals surface area contributed by atoms with Gasteiger partial charge in [0.25, 0.3) is 0 Å². The van der Waals surface area contributed by atoms with E-state index in [9.17, 15) is 18.0 Å². The van der Waals surface area contributed by atoms with Gasteiger partial charge in [0, 0.05) is 17.5 Å². The first-order valence-electron chi connectivity index (χ1n) is 11.9. The quantitative estimate of drug-likeness (QED) is 0.479. The average molecular weight is 489 g/mol. The van der Waals surface area contributed by atoms with Gasteiger partial charge < -0.3 is 9.47 Å². The third-order valence-corrected chi connectivity index (χ3v) is 7.00. The first-order chi connectivity index (χ1) is 16.8. The molecule has 2 fully saturated rings. The number of hydrogen-bond acceptors (Lipinski definition) is 6. The van der Waals surface area contributed by atoms with Gasteiger partial charge in [0.2, 0.25) is 0 Å². The van der Waals surface area contributed by atoms with Gasteiger partial charge in [-0.1, -0.05) is 18.6 Å². The van der Waals surface area contributed by atoms with Crippen LogP contribution >= 0.6 is 0 Å². The molecule has 7 nitrogen and oxygen atoms in total. The molecule has 10 heteroatoms. The van der Waals surface area contributed by atoms with Crippen molar-refractivity contribution in [1.82, 2.24) is 19.5 Å². The third-order valence-electron chi connectivity index (χ3n) is 7.00. The molecule has 2 aromatic heterocycles. The summed E-state index contributed by atoms with van der Waals surface area (Å²) in [5, 5.41) is 3.84. The zero-order valence-electron chi connectivity index (χ0n) is 19.4. The molecule has 0 N–H and O–H groups in total. The lowest BCUT2D eigenvalue weighted by atomic mass is 9.84. The Labute approximate surface area is 200 Å². The first-order valence-corrected chi connectivity index (χ1v) is 11.9. The summed E-state index contributed by atoms with van der Waals surface area (Å²) in [6, 6.07) is 7.89. The number of methoxy groups -OCH3 is 1. The van der Waals surface area contributed by atoms with E-state index in [1.165, 1.54) is 13.5 Å². The van der Waals surface area contributed by atoms with Crippen LogP contribution in [0.4, 0.5) is 13.2 Å². The standard InChI is InChI=1S/C25H27F3N4O3/c1-34-18-8-4-6-16(12-18)20-13-22(25(26,27)28)32-23(30-20)19(14-29-32)24(33)35-15-17-7-5-11-31-10-3-2-9-21(17)31/h4,6,8,12-14,17,21H,2-3,5,7,9-11,15H2,1H3/t17-,21+/m0/s1. The molecule has 186 valence electrons. The van der Waals surface area contributed by atoms with E-state index in [-0.39, 0.29) is 29.4 Å². The van der Waals surface area contributed by atoms with Crippen molar-refractivity contribution < 1.29 is 27.4 Å². The van der Waals surface area contributed by atoms with E-state index in [0.717, 1.165) is 51.0 Å². The lowest BCUT2D eigenvalue weighted by Crippen LogP contribution is -2.49. The van der Waals surface area contributed by atoms with Crippen LogP contribution in [-0.2, 0) is 10.9 Å². The fourth-order valence-corrected chi connectivity index (χ4v) is 5.27. The van der Waals surface area contributed by atoms with Crippen LogP contribution in [0, 0.1) is 5.92 Å². The Hall–Kier alpha value is -3.14. The van der Waals surface area contributed by atoms with Crippen molar-refractivity contribution in [3.63, 3.8) is 0 Å². The second kappa shape index (κ2) is 9.49. The zero-order valence-corrected chi connectivity index (χ0v) is 19.4. The molecule has 0 saturated carbocycles. The van der Waals surface area contributed by atoms with Gasteiger partial charge in [0.05, 0.1) is 25.6 Å². The SMILES string of the molecule is COc1cccc(-c2cc(C(F)(F)F)n3ncc(C(=O)OC[C@@H]4CCCN5CCCC[C@H]45)c3n2)c1. The number of fused-ring (bicyclic) bond motifs is 2. The van der Waals surface area contributed by atoms with Crippen LogP contribution < -0.4 is 4.74 Å². The number of carbonyl (C=O) groups is 1. The number of nitrogens with zero attached hydrogens (tertiary/aromatic N) is 4. The highest BCUT2D eigenvalue weighted by molar-refractivity contribution is 5.96. The number of aromatic nitrogens is 3. The van der Waals surface area contributed by atoms with Gasteiger partial charge >= 0.3 is 12.1 Å². The fourth-order valence-electron chi connectivity index (χ4n) is 5.27. The number of halogens is 3. The monoisotopic (exact) mass is 488 g/mol. The molecule has 0 amide bonds. The van der Waals surface area contributed by atoms with E-state index in [1.807, 2.05) is 0 Å². The minimum Gasteiger partial charge on any atom is -0.497 e. The van der Waals surface area contributed by atoms with E-state index >= 15 is 0 Å². The summed E-state index contributed by atoms with van der Waals surface area (Å²) in [5.41, 5.74) is -0.812. The van der Waals surface area contributed by atoms with Gasteiger partial charge in [-0.3, -0.25) is 4.90 Å². The van der Waals surface area contributed by atoms with Gasteiger partial charge in [-0.2, -0.15) is 18.3 Å². The maximum Gasteiger partial charge on any atom is 0.433 e. The Kier molecular flexibility index (Phi) is 6.39. The molecule has 0 unspecified atom stereocenters. The van der Waals surface area contributed by atoms with Crippen LogP contribution in [0.15, 0.2) is 36.5 Å². The fraction of sp³-hybridized carbons (Fsp3) is 0.480. The minimum atomic E-state index is -4.70. The lowest BCUT2D eigenvalue weighted by Gasteiger charge is -2.44. The van der Waals surface area contributed by atoms with Crippen molar-refractivity contribution >= 4 is 11.6 Å². The highest BCUT2D eigenvalue weighted by atomic mass is 19.4. The number of esters is 1. The molecule has 0 spiro atoms. The van der Waals surface area contributed by atoms with Crippen molar-refractivity contribution in [2.24, 2.45) is 5.92 Å². The first kappa shape index (κ1) is 23.6. The molecule has 4 heterocycles. The molecule has 0 radical (unpaired) electrons. The second-order valence-corrected chi connectivity index (χ2v) is 9.15. The van der Waals surface area contributed by atoms with E-state index < -0.39 is 17.8 Å². The van der Waals surface area contributed by atoms with Crippen LogP contribution in [0.2, 0.25) is 0 Å². The Balaban J connectivity index is 1.45. The normalized spacial score (nSPS) is 21.0. The van der Waals surface area contributed by atoms with Crippen LogP contribution in [0.25, 0.3) is 16.9 Å². The Bertz CT molecular complexity index is 1220. The highest BCUT2D eigenvalue weighted by Crippen LogP contribution is 2.34. The summed E-state index contributed by atoms with van der Waals surface area (Å²) in [6.07, 6.45) is 1.86. The number of piperidine rings is 2. The predicted molar refractivity (Wildman–Crippen MR) is 122 cm³/mol. The van der Waals surface area contributed by atoms with Crippen LogP contribution in [-0.4, -0.2) is 58.3 Å². The number of alkyl halides is 3. The third kappa shape index (κ3) is 4.71. The largest absolute Gasteiger partial charge is 0.497 e. The molecule has 5 rings (SSSR count). The Morgan fingerprint density at radius 1 is 1.14 bits per heavy atom. The van der Waals surface area contributed by atoms with Gasteiger partial charge in [-0.05, 0) is 57.0 Å². The molecule has 2 aliphatic rings. The summed E-state index contributed by atoms with van der Waals surface area (Å²) in [5.74, 6) is -0.00709. The molecule has 2 saturated heterocycles. The van der Waals surface area contributed by atoms with Gasteiger partial charge in [0.1, 0.15) is 11.3 Å². The smallest absolute Gasteiger partial charge is 0.433 e. The average Bonchev–Trinajstić information content (AvgIpc) is 3.30. The zero-order chi connectivity index (χ0) is 24.6. The molecule has 35 heavy (non-hydrogen) atoms. The molecule has 3 aromatic rings. The number of benzene rings is 1. The molecular formula is C25H27F3N4O3. The predicted octanol–water partition coefficient (Wildman–Crippen LogP) is 4.85. The topological polar surface area (TPSA) is 69.0 Å². The summed E-state index contributed by atoms with van der Waals surface area (Å²) in [7, 11) is 1.47. The van der Waals surface area contributed by atoms with E-state index in [0.29, 0.717) is 21.9 Å². The van der Waals surface area contributed by atoms with Crippen molar-refractivity contribution in [3.8, 4) is 17.0 Å². The lowest BCUT2D eigenvalue weighted by molar-refractivity contribution is -0.142. The second-order valence-electron chi connectivity index (χ2n) is 9.15. The molecule has 2 atom stereocenters. The van der Waals surface area contributed by atoms with Crippen molar-refractivity contribution in [3.05, 3.63) is 47.8 Å². The molecule has 1 aromatic carbocycles. The summed E-state index contributed by atoms with van der Waals surface area (Å²) < 4.78 is 53.1. The molecule has 2 aliphatic heterocycles. The number of ether oxygens (including phenoxy) is 2. The summed E-state index contributed by atoms with van der Waals surface area (Å²) >= 11 is 0. The van der Waals surface area contributed by atoms with Crippen molar-refractivity contribution in [2.75, 3.05) is 26.8 Å². The Morgan fingerprint density at radius 3 is 2.77 bits per heavy atom. The molecular weight excluding hydrogens is 461 g/mol. The maximum absolute atomic E-state index is 13.9. The van der Waals surface area contributed by atoms with Crippen LogP contribution in [0.3, 0.4) is 0 Å². The van der Waals surface area contributed by atoms with Crippen LogP contribution in [0.1, 0.15) is 48.2 Å². The maximum atomic E-state index is 13.9. The number of rotatable bonds is 5. The summed E-state index contributed by atoms with van der Waals surface area (Å²) in [6.45, 7) is 2.37. The van der Waals surface area contributed by atoms with Gasteiger partial charge in [0.15, 0.2) is 11.3 Å². The van der Waals surface area contributed by atoms with Crippen molar-refractivity contribution in [1.29, 1.82) is 0 Å². The Morgan fingerprint density at radius 2 is 1.97 bits per heavy atom. The number of hydrogen-bond donors (Lipinski definition) is 0.